The Morgan fingerprint density at radius 2 is 2.03 bits per heavy atom. The van der Waals surface area contributed by atoms with Gasteiger partial charge in [0.05, 0.1) is 0 Å². The molecule has 0 saturated carbocycles. The summed E-state index contributed by atoms with van der Waals surface area (Å²) in [5, 5.41) is 6.07. The second-order valence-electron chi connectivity index (χ2n) is 7.19. The molecule has 154 valence electrons. The number of amides is 2. The summed E-state index contributed by atoms with van der Waals surface area (Å²) in [4.78, 5) is 29.5. The van der Waals surface area contributed by atoms with E-state index in [4.69, 9.17) is 0 Å². The summed E-state index contributed by atoms with van der Waals surface area (Å²) in [6.45, 7) is 0. The molecule has 1 aliphatic rings. The fourth-order valence-electron chi connectivity index (χ4n) is 3.43. The molecule has 2 amide bonds. The predicted octanol–water partition coefficient (Wildman–Crippen LogP) is 4.54. The Morgan fingerprint density at radius 1 is 1.20 bits per heavy atom. The Labute approximate surface area is 176 Å². The summed E-state index contributed by atoms with van der Waals surface area (Å²) in [5.41, 5.74) is 2.53. The van der Waals surface area contributed by atoms with Gasteiger partial charge in [-0.3, -0.25) is 9.59 Å². The van der Waals surface area contributed by atoms with Crippen molar-refractivity contribution in [2.24, 2.45) is 5.92 Å². The third-order valence-corrected chi connectivity index (χ3v) is 5.91. The number of anilines is 2. The first-order valence-corrected chi connectivity index (χ1v) is 10.4. The Bertz CT molecular complexity index is 1100. The lowest BCUT2D eigenvalue weighted by Gasteiger charge is -2.24. The first-order chi connectivity index (χ1) is 14.5. The summed E-state index contributed by atoms with van der Waals surface area (Å²) in [6, 6.07) is 11.4. The second-order valence-corrected chi connectivity index (χ2v) is 8.31. The maximum Gasteiger partial charge on any atom is 0.227 e. The number of aromatic nitrogens is 1. The van der Waals surface area contributed by atoms with E-state index in [1.807, 2.05) is 24.3 Å². The normalized spacial score (nSPS) is 15.4. The number of thiazole rings is 1. The van der Waals surface area contributed by atoms with Crippen LogP contribution < -0.4 is 10.6 Å². The fraction of sp³-hybridized carbons (Fsp3) is 0.227. The Morgan fingerprint density at radius 3 is 2.87 bits per heavy atom. The molecule has 1 aromatic heterocycles. The topological polar surface area (TPSA) is 71.1 Å². The Kier molecular flexibility index (Phi) is 5.85. The van der Waals surface area contributed by atoms with Crippen molar-refractivity contribution in [3.63, 3.8) is 0 Å². The van der Waals surface area contributed by atoms with Crippen LogP contribution in [0.2, 0.25) is 0 Å². The number of rotatable bonds is 6. The van der Waals surface area contributed by atoms with Crippen LogP contribution in [0.4, 0.5) is 19.6 Å². The highest BCUT2D eigenvalue weighted by atomic mass is 32.1. The van der Waals surface area contributed by atoms with Gasteiger partial charge in [-0.1, -0.05) is 24.3 Å². The quantitative estimate of drug-likeness (QED) is 0.607. The van der Waals surface area contributed by atoms with E-state index in [0.29, 0.717) is 30.0 Å². The number of carbonyl (C=O) groups excluding carboxylic acids is 2. The van der Waals surface area contributed by atoms with Crippen molar-refractivity contribution in [3.05, 3.63) is 76.3 Å². The molecule has 0 radical (unpaired) electrons. The number of para-hydroxylation sites is 1. The molecule has 5 nitrogen and oxygen atoms in total. The molecule has 0 spiro atoms. The lowest BCUT2D eigenvalue weighted by molar-refractivity contribution is -0.121. The molecule has 0 fully saturated rings. The van der Waals surface area contributed by atoms with E-state index in [1.165, 1.54) is 17.4 Å². The van der Waals surface area contributed by atoms with E-state index in [9.17, 15) is 18.4 Å². The summed E-state index contributed by atoms with van der Waals surface area (Å²) >= 11 is 1.28. The molecule has 1 aliphatic heterocycles. The zero-order chi connectivity index (χ0) is 21.1. The number of nitrogens with zero attached hydrogens (tertiary/aromatic N) is 1. The zero-order valence-electron chi connectivity index (χ0n) is 16.0. The Balaban J connectivity index is 1.29. The molecule has 4 rings (SSSR count). The predicted molar refractivity (Wildman–Crippen MR) is 111 cm³/mol. The van der Waals surface area contributed by atoms with Crippen molar-refractivity contribution in [1.82, 2.24) is 4.98 Å². The molecule has 2 aromatic carbocycles. The molecule has 1 unspecified atom stereocenters. The number of nitrogens with one attached hydrogen (secondary N) is 2. The average Bonchev–Trinajstić information content (AvgIpc) is 3.15. The van der Waals surface area contributed by atoms with Gasteiger partial charge < -0.3 is 10.6 Å². The smallest absolute Gasteiger partial charge is 0.227 e. The van der Waals surface area contributed by atoms with E-state index in [1.54, 1.807) is 6.20 Å². The van der Waals surface area contributed by atoms with Crippen molar-refractivity contribution < 1.29 is 18.4 Å². The van der Waals surface area contributed by atoms with Gasteiger partial charge >= 0.3 is 0 Å². The summed E-state index contributed by atoms with van der Waals surface area (Å²) < 4.78 is 26.4. The van der Waals surface area contributed by atoms with Crippen LogP contribution in [0.25, 0.3) is 0 Å². The van der Waals surface area contributed by atoms with Gasteiger partial charge in [0.1, 0.15) is 0 Å². The monoisotopic (exact) mass is 427 g/mol. The molecule has 30 heavy (non-hydrogen) atoms. The highest BCUT2D eigenvalue weighted by Gasteiger charge is 2.26. The fourth-order valence-corrected chi connectivity index (χ4v) is 4.29. The minimum Gasteiger partial charge on any atom is -0.326 e. The van der Waals surface area contributed by atoms with E-state index >= 15 is 0 Å². The third-order valence-electron chi connectivity index (χ3n) is 4.99. The van der Waals surface area contributed by atoms with Crippen LogP contribution in [0, 0.1) is 17.6 Å². The van der Waals surface area contributed by atoms with Gasteiger partial charge in [-0.05, 0) is 42.2 Å². The molecule has 0 bridgehead atoms. The van der Waals surface area contributed by atoms with Crippen LogP contribution in [0.3, 0.4) is 0 Å². The number of hydrogen-bond donors (Lipinski definition) is 2. The van der Waals surface area contributed by atoms with Crippen molar-refractivity contribution in [2.75, 3.05) is 10.6 Å². The standard InChI is InChI=1S/C22H19F2N3O2S/c23-17-7-5-13(10-18(17)24)9-16-12-25-22(30-16)27-20(28)8-6-15-11-14-3-1-2-4-19(14)26-21(15)29/h1-5,7,10,12,15H,6,8-9,11H2,(H,26,29)(H,25,27,28). The summed E-state index contributed by atoms with van der Waals surface area (Å²) in [5.74, 6) is -2.29. The largest absolute Gasteiger partial charge is 0.326 e. The second kappa shape index (κ2) is 8.71. The lowest BCUT2D eigenvalue weighted by Crippen LogP contribution is -2.30. The molecular formula is C22H19F2N3O2S. The van der Waals surface area contributed by atoms with Gasteiger partial charge in [-0.25, -0.2) is 13.8 Å². The van der Waals surface area contributed by atoms with E-state index in [0.717, 1.165) is 28.3 Å². The number of halogens is 2. The molecular weight excluding hydrogens is 408 g/mol. The van der Waals surface area contributed by atoms with Crippen LogP contribution >= 0.6 is 11.3 Å². The molecule has 2 N–H and O–H groups in total. The number of fused-ring (bicyclic) bond motifs is 1. The molecule has 2 heterocycles. The third kappa shape index (κ3) is 4.71. The van der Waals surface area contributed by atoms with Gasteiger partial charge in [-0.15, -0.1) is 11.3 Å². The number of carbonyl (C=O) groups is 2. The molecule has 0 aliphatic carbocycles. The first-order valence-electron chi connectivity index (χ1n) is 9.55. The molecule has 3 aromatic rings. The molecule has 0 saturated heterocycles. The van der Waals surface area contributed by atoms with E-state index in [-0.39, 0.29) is 24.2 Å². The van der Waals surface area contributed by atoms with Crippen LogP contribution in [0.15, 0.2) is 48.7 Å². The average molecular weight is 427 g/mol. The van der Waals surface area contributed by atoms with Gasteiger partial charge in [0.15, 0.2) is 16.8 Å². The van der Waals surface area contributed by atoms with Crippen LogP contribution in [-0.2, 0) is 22.4 Å². The number of hydrogen-bond acceptors (Lipinski definition) is 4. The lowest BCUT2D eigenvalue weighted by atomic mass is 9.89. The SMILES string of the molecule is O=C(CCC1Cc2ccccc2NC1=O)Nc1ncc(Cc2ccc(F)c(F)c2)s1. The summed E-state index contributed by atoms with van der Waals surface area (Å²) in [7, 11) is 0. The van der Waals surface area contributed by atoms with Crippen molar-refractivity contribution in [2.45, 2.75) is 25.7 Å². The highest BCUT2D eigenvalue weighted by molar-refractivity contribution is 7.15. The van der Waals surface area contributed by atoms with Crippen LogP contribution in [0.5, 0.6) is 0 Å². The number of benzene rings is 2. The minimum atomic E-state index is -0.889. The van der Waals surface area contributed by atoms with Crippen molar-refractivity contribution >= 4 is 34.0 Å². The van der Waals surface area contributed by atoms with Crippen molar-refractivity contribution in [1.29, 1.82) is 0 Å². The van der Waals surface area contributed by atoms with Gasteiger partial charge in [0.2, 0.25) is 11.8 Å². The van der Waals surface area contributed by atoms with Crippen molar-refractivity contribution in [3.8, 4) is 0 Å². The first kappa shape index (κ1) is 20.2. The van der Waals surface area contributed by atoms with Gasteiger partial charge in [-0.2, -0.15) is 0 Å². The molecule has 8 heteroatoms. The maximum absolute atomic E-state index is 13.3. The van der Waals surface area contributed by atoms with Crippen LogP contribution in [0.1, 0.15) is 28.8 Å². The van der Waals surface area contributed by atoms with Gasteiger partial charge in [0.25, 0.3) is 0 Å². The zero-order valence-corrected chi connectivity index (χ0v) is 16.8. The van der Waals surface area contributed by atoms with E-state index in [2.05, 4.69) is 15.6 Å². The van der Waals surface area contributed by atoms with Crippen LogP contribution in [-0.4, -0.2) is 16.8 Å². The van der Waals surface area contributed by atoms with Gasteiger partial charge in [0, 0.05) is 35.5 Å². The van der Waals surface area contributed by atoms with E-state index < -0.39 is 11.6 Å². The molecule has 1 atom stereocenters. The maximum atomic E-state index is 13.3. The summed E-state index contributed by atoms with van der Waals surface area (Å²) in [6.07, 6.45) is 3.27. The minimum absolute atomic E-state index is 0.0652. The Hall–Kier alpha value is -3.13. The highest BCUT2D eigenvalue weighted by Crippen LogP contribution is 2.28.